The molecule has 0 saturated heterocycles. The van der Waals surface area contributed by atoms with Gasteiger partial charge in [0.05, 0.1) is 10.9 Å². The molecule has 1 aromatic carbocycles. The van der Waals surface area contributed by atoms with Crippen LogP contribution in [-0.2, 0) is 10.0 Å². The van der Waals surface area contributed by atoms with Crippen LogP contribution in [0.2, 0.25) is 0 Å². The zero-order valence-corrected chi connectivity index (χ0v) is 11.4. The second-order valence-electron chi connectivity index (χ2n) is 4.29. The summed E-state index contributed by atoms with van der Waals surface area (Å²) in [4.78, 5) is 0.0163. The van der Waals surface area contributed by atoms with Crippen LogP contribution in [0.3, 0.4) is 0 Å². The summed E-state index contributed by atoms with van der Waals surface area (Å²) >= 11 is 0. The molecule has 0 spiro atoms. The van der Waals surface area contributed by atoms with Gasteiger partial charge in [-0.15, -0.1) is 0 Å². The van der Waals surface area contributed by atoms with Gasteiger partial charge in [0.25, 0.3) is 0 Å². The number of hydrogen-bond donors (Lipinski definition) is 2. The summed E-state index contributed by atoms with van der Waals surface area (Å²) in [7, 11) is -3.69. The number of phenolic OH excluding ortho intramolecular Hbond substituents is 1. The van der Waals surface area contributed by atoms with E-state index in [9.17, 15) is 13.5 Å². The quantitative estimate of drug-likeness (QED) is 0.901. The molecule has 0 aliphatic rings. The van der Waals surface area contributed by atoms with E-state index in [0.717, 1.165) is 5.76 Å². The number of hydrogen-bond acceptors (Lipinski definition) is 4. The maximum atomic E-state index is 12.1. The normalized spacial score (nSPS) is 13.4. The van der Waals surface area contributed by atoms with Gasteiger partial charge < -0.3 is 9.52 Å². The monoisotopic (exact) mass is 281 g/mol. The summed E-state index contributed by atoms with van der Waals surface area (Å²) in [6, 6.07) is 8.52. The lowest BCUT2D eigenvalue weighted by atomic mass is 10.3. The summed E-state index contributed by atoms with van der Waals surface area (Å²) in [6.07, 6.45) is 0. The first-order chi connectivity index (χ1) is 8.88. The molecule has 6 heteroatoms. The van der Waals surface area contributed by atoms with Gasteiger partial charge in [-0.2, -0.15) is 0 Å². The van der Waals surface area contributed by atoms with Gasteiger partial charge in [-0.25, -0.2) is 13.1 Å². The van der Waals surface area contributed by atoms with Crippen molar-refractivity contribution in [3.05, 3.63) is 47.9 Å². The number of aryl methyl sites for hydroxylation is 1. The highest BCUT2D eigenvalue weighted by Crippen LogP contribution is 2.20. The lowest BCUT2D eigenvalue weighted by Crippen LogP contribution is -2.26. The van der Waals surface area contributed by atoms with E-state index in [1.54, 1.807) is 26.0 Å². The predicted octanol–water partition coefficient (Wildman–Crippen LogP) is 2.33. The highest BCUT2D eigenvalue weighted by atomic mass is 32.2. The highest BCUT2D eigenvalue weighted by molar-refractivity contribution is 7.89. The van der Waals surface area contributed by atoms with Gasteiger partial charge in [0.15, 0.2) is 0 Å². The van der Waals surface area contributed by atoms with Crippen LogP contribution < -0.4 is 4.72 Å². The lowest BCUT2D eigenvalue weighted by molar-refractivity contribution is 0.441. The van der Waals surface area contributed by atoms with Gasteiger partial charge in [0.2, 0.25) is 10.0 Å². The molecule has 0 radical (unpaired) electrons. The van der Waals surface area contributed by atoms with Gasteiger partial charge in [0.1, 0.15) is 17.3 Å². The Kier molecular flexibility index (Phi) is 3.64. The van der Waals surface area contributed by atoms with E-state index in [1.165, 1.54) is 24.3 Å². The zero-order chi connectivity index (χ0) is 14.0. The topological polar surface area (TPSA) is 79.5 Å². The maximum absolute atomic E-state index is 12.1. The Balaban J connectivity index is 2.22. The third kappa shape index (κ3) is 3.15. The van der Waals surface area contributed by atoms with Crippen molar-refractivity contribution in [1.82, 2.24) is 4.72 Å². The van der Waals surface area contributed by atoms with Gasteiger partial charge >= 0.3 is 0 Å². The molecule has 102 valence electrons. The van der Waals surface area contributed by atoms with Crippen LogP contribution in [0.25, 0.3) is 0 Å². The number of nitrogens with one attached hydrogen (secondary N) is 1. The molecule has 2 aromatic rings. The maximum Gasteiger partial charge on any atom is 0.241 e. The van der Waals surface area contributed by atoms with Crippen molar-refractivity contribution in [2.75, 3.05) is 0 Å². The van der Waals surface area contributed by atoms with E-state index in [1.807, 2.05) is 0 Å². The van der Waals surface area contributed by atoms with Crippen LogP contribution in [0, 0.1) is 6.92 Å². The van der Waals surface area contributed by atoms with Crippen molar-refractivity contribution in [3.63, 3.8) is 0 Å². The van der Waals surface area contributed by atoms with Crippen molar-refractivity contribution in [1.29, 1.82) is 0 Å². The molecular formula is C13H15NO4S. The fourth-order valence-electron chi connectivity index (χ4n) is 1.70. The first kappa shape index (κ1) is 13.6. The molecule has 2 rings (SSSR count). The Morgan fingerprint density at radius 3 is 2.58 bits per heavy atom. The Labute approximate surface area is 111 Å². The number of sulfonamides is 1. The van der Waals surface area contributed by atoms with E-state index >= 15 is 0 Å². The van der Waals surface area contributed by atoms with Crippen LogP contribution in [0.5, 0.6) is 5.75 Å². The largest absolute Gasteiger partial charge is 0.508 e. The Bertz CT molecular complexity index is 675. The number of rotatable bonds is 4. The van der Waals surface area contributed by atoms with E-state index < -0.39 is 16.1 Å². The van der Waals surface area contributed by atoms with E-state index in [0.29, 0.717) is 5.76 Å². The second-order valence-corrected chi connectivity index (χ2v) is 6.00. The molecule has 0 fully saturated rings. The minimum Gasteiger partial charge on any atom is -0.508 e. The van der Waals surface area contributed by atoms with Gasteiger partial charge in [-0.1, -0.05) is 6.07 Å². The number of aromatic hydroxyl groups is 1. The third-order valence-corrected chi connectivity index (χ3v) is 4.19. The van der Waals surface area contributed by atoms with Gasteiger partial charge in [-0.05, 0) is 44.2 Å². The van der Waals surface area contributed by atoms with Crippen molar-refractivity contribution >= 4 is 10.0 Å². The average molecular weight is 281 g/mol. The minimum atomic E-state index is -3.69. The molecule has 0 bridgehead atoms. The van der Waals surface area contributed by atoms with E-state index in [4.69, 9.17) is 4.42 Å². The summed E-state index contributed by atoms with van der Waals surface area (Å²) in [5, 5.41) is 9.32. The van der Waals surface area contributed by atoms with Crippen LogP contribution in [0.4, 0.5) is 0 Å². The van der Waals surface area contributed by atoms with Crippen molar-refractivity contribution < 1.29 is 17.9 Å². The minimum absolute atomic E-state index is 0.0163. The van der Waals surface area contributed by atoms with Gasteiger partial charge in [0, 0.05) is 0 Å². The standard InChI is InChI=1S/C13H15NO4S/c1-9-6-7-13(18-9)10(2)14-19(16,17)12-5-3-4-11(15)8-12/h3-8,10,14-15H,1-2H3. The van der Waals surface area contributed by atoms with Crippen LogP contribution in [0.1, 0.15) is 24.5 Å². The molecule has 2 N–H and O–H groups in total. The van der Waals surface area contributed by atoms with Crippen molar-refractivity contribution in [2.45, 2.75) is 24.8 Å². The van der Waals surface area contributed by atoms with E-state index in [-0.39, 0.29) is 10.6 Å². The molecule has 1 aromatic heterocycles. The number of benzene rings is 1. The number of phenols is 1. The highest BCUT2D eigenvalue weighted by Gasteiger charge is 2.20. The molecule has 0 saturated carbocycles. The van der Waals surface area contributed by atoms with E-state index in [2.05, 4.69) is 4.72 Å². The molecule has 0 aliphatic carbocycles. The Morgan fingerprint density at radius 1 is 1.26 bits per heavy atom. The second kappa shape index (κ2) is 5.07. The average Bonchev–Trinajstić information content (AvgIpc) is 2.75. The smallest absolute Gasteiger partial charge is 0.241 e. The van der Waals surface area contributed by atoms with Crippen molar-refractivity contribution in [3.8, 4) is 5.75 Å². The molecule has 1 unspecified atom stereocenters. The lowest BCUT2D eigenvalue weighted by Gasteiger charge is -2.12. The third-order valence-electron chi connectivity index (χ3n) is 2.65. The fourth-order valence-corrected chi connectivity index (χ4v) is 2.95. The molecule has 5 nitrogen and oxygen atoms in total. The van der Waals surface area contributed by atoms with Gasteiger partial charge in [-0.3, -0.25) is 0 Å². The summed E-state index contributed by atoms with van der Waals surface area (Å²) < 4.78 is 32.1. The fraction of sp³-hybridized carbons (Fsp3) is 0.231. The summed E-state index contributed by atoms with van der Waals surface area (Å²) in [5.41, 5.74) is 0. The summed E-state index contributed by atoms with van der Waals surface area (Å²) in [6.45, 7) is 3.48. The Hall–Kier alpha value is -1.79. The molecule has 1 atom stereocenters. The molecule has 0 aliphatic heterocycles. The SMILES string of the molecule is Cc1ccc(C(C)NS(=O)(=O)c2cccc(O)c2)o1. The molecule has 19 heavy (non-hydrogen) atoms. The van der Waals surface area contributed by atoms with Crippen molar-refractivity contribution in [2.24, 2.45) is 0 Å². The van der Waals surface area contributed by atoms with Crippen LogP contribution in [-0.4, -0.2) is 13.5 Å². The summed E-state index contributed by atoms with van der Waals surface area (Å²) in [5.74, 6) is 1.17. The van der Waals surface area contributed by atoms with Crippen LogP contribution >= 0.6 is 0 Å². The molecule has 0 amide bonds. The first-order valence-corrected chi connectivity index (χ1v) is 7.24. The first-order valence-electron chi connectivity index (χ1n) is 5.76. The zero-order valence-electron chi connectivity index (χ0n) is 10.6. The molecule has 1 heterocycles. The number of furan rings is 1. The van der Waals surface area contributed by atoms with Crippen LogP contribution in [0.15, 0.2) is 45.7 Å². The molecular weight excluding hydrogens is 266 g/mol. The Morgan fingerprint density at radius 2 is 2.00 bits per heavy atom. The predicted molar refractivity (Wildman–Crippen MR) is 70.3 cm³/mol.